The molecule has 4 nitrogen and oxygen atoms in total. The maximum absolute atomic E-state index is 12.5. The van der Waals surface area contributed by atoms with Gasteiger partial charge in [0.25, 0.3) is 0 Å². The van der Waals surface area contributed by atoms with E-state index in [1.807, 2.05) is 0 Å². The summed E-state index contributed by atoms with van der Waals surface area (Å²) in [6, 6.07) is 2.94. The lowest BCUT2D eigenvalue weighted by Gasteiger charge is -2.04. The van der Waals surface area contributed by atoms with Crippen LogP contribution in [0.5, 0.6) is 5.75 Å². The monoisotopic (exact) mass is 252 g/mol. The zero-order valence-corrected chi connectivity index (χ0v) is 9.10. The third-order valence-corrected chi connectivity index (χ3v) is 2.55. The average molecular weight is 253 g/mol. The number of carbonyl (C=O) groups excluding carboxylic acids is 1. The van der Waals surface area contributed by atoms with Crippen LogP contribution in [-0.2, 0) is 15.0 Å². The minimum Gasteiger partial charge on any atom is -0.425 e. The Kier molecular flexibility index (Phi) is 3.31. The molecule has 1 aromatic rings. The Balaban J connectivity index is 3.15. The van der Waals surface area contributed by atoms with Gasteiger partial charge in [-0.2, -0.15) is 8.42 Å². The Morgan fingerprint density at radius 1 is 1.47 bits per heavy atom. The molecular formula is C8H6ClFO4S. The van der Waals surface area contributed by atoms with Crippen LogP contribution in [0, 0.1) is 0 Å². The van der Waals surface area contributed by atoms with Gasteiger partial charge in [0.05, 0.1) is 5.02 Å². The summed E-state index contributed by atoms with van der Waals surface area (Å²) in [5.74, 6) is -0.621. The van der Waals surface area contributed by atoms with Crippen LogP contribution in [0.15, 0.2) is 23.1 Å². The molecule has 0 amide bonds. The van der Waals surface area contributed by atoms with E-state index in [0.717, 1.165) is 25.1 Å². The van der Waals surface area contributed by atoms with Crippen LogP contribution >= 0.6 is 11.6 Å². The summed E-state index contributed by atoms with van der Waals surface area (Å²) < 4.78 is 38.1. The van der Waals surface area contributed by atoms with E-state index >= 15 is 0 Å². The quantitative estimate of drug-likeness (QED) is 0.458. The molecule has 0 spiro atoms. The smallest absolute Gasteiger partial charge is 0.332 e. The van der Waals surface area contributed by atoms with Crippen molar-refractivity contribution in [1.82, 2.24) is 0 Å². The topological polar surface area (TPSA) is 60.4 Å². The van der Waals surface area contributed by atoms with Gasteiger partial charge in [0.1, 0.15) is 10.6 Å². The average Bonchev–Trinajstić information content (AvgIpc) is 2.05. The Morgan fingerprint density at radius 3 is 2.47 bits per heavy atom. The zero-order valence-electron chi connectivity index (χ0n) is 7.53. The number of halogens is 2. The Morgan fingerprint density at radius 2 is 2.07 bits per heavy atom. The molecule has 0 bridgehead atoms. The minimum atomic E-state index is -4.80. The molecule has 0 aliphatic heterocycles. The molecule has 0 unspecified atom stereocenters. The molecule has 7 heteroatoms. The largest absolute Gasteiger partial charge is 0.425 e. The predicted octanol–water partition coefficient (Wildman–Crippen LogP) is 1.92. The molecule has 15 heavy (non-hydrogen) atoms. The second-order valence-corrected chi connectivity index (χ2v) is 4.38. The van der Waals surface area contributed by atoms with Gasteiger partial charge in [0, 0.05) is 6.92 Å². The van der Waals surface area contributed by atoms with Crippen molar-refractivity contribution in [1.29, 1.82) is 0 Å². The Bertz CT molecular complexity index is 497. The first-order valence-electron chi connectivity index (χ1n) is 3.73. The summed E-state index contributed by atoms with van der Waals surface area (Å²) >= 11 is 5.57. The second-order valence-electron chi connectivity index (χ2n) is 2.62. The van der Waals surface area contributed by atoms with Crippen molar-refractivity contribution in [2.75, 3.05) is 0 Å². The highest BCUT2D eigenvalue weighted by Gasteiger charge is 2.14. The number of hydrogen-bond donors (Lipinski definition) is 0. The number of carbonyl (C=O) groups is 1. The third-order valence-electron chi connectivity index (χ3n) is 1.44. The standard InChI is InChI=1S/C8H6ClFO4S/c1-5(11)14-8-3-2-6(4-7(8)9)15(10,12)13/h2-4H,1H3. The van der Waals surface area contributed by atoms with E-state index < -0.39 is 21.1 Å². The molecule has 0 fully saturated rings. The van der Waals surface area contributed by atoms with Crippen LogP contribution in [0.3, 0.4) is 0 Å². The van der Waals surface area contributed by atoms with E-state index in [-0.39, 0.29) is 10.8 Å². The van der Waals surface area contributed by atoms with Gasteiger partial charge in [-0.05, 0) is 18.2 Å². The van der Waals surface area contributed by atoms with Crippen LogP contribution in [0.1, 0.15) is 6.92 Å². The maximum atomic E-state index is 12.5. The summed E-state index contributed by atoms with van der Waals surface area (Å²) in [4.78, 5) is 9.99. The van der Waals surface area contributed by atoms with Crippen molar-refractivity contribution in [3.8, 4) is 5.75 Å². The highest BCUT2D eigenvalue weighted by atomic mass is 35.5. The Labute approximate surface area is 90.8 Å². The predicted molar refractivity (Wildman–Crippen MR) is 51.1 cm³/mol. The van der Waals surface area contributed by atoms with Crippen LogP contribution in [0.4, 0.5) is 3.89 Å². The van der Waals surface area contributed by atoms with E-state index in [1.165, 1.54) is 0 Å². The molecule has 82 valence electrons. The highest BCUT2D eigenvalue weighted by Crippen LogP contribution is 2.28. The molecule has 0 N–H and O–H groups in total. The first kappa shape index (κ1) is 11.9. The third kappa shape index (κ3) is 3.17. The fourth-order valence-electron chi connectivity index (χ4n) is 0.871. The molecule has 0 heterocycles. The first-order valence-corrected chi connectivity index (χ1v) is 5.49. The normalized spacial score (nSPS) is 11.1. The van der Waals surface area contributed by atoms with Gasteiger partial charge in [0.2, 0.25) is 0 Å². The van der Waals surface area contributed by atoms with Gasteiger partial charge >= 0.3 is 16.2 Å². The summed E-state index contributed by atoms with van der Waals surface area (Å²) in [6.45, 7) is 1.16. The van der Waals surface area contributed by atoms with E-state index in [2.05, 4.69) is 4.74 Å². The van der Waals surface area contributed by atoms with Crippen molar-refractivity contribution in [2.24, 2.45) is 0 Å². The van der Waals surface area contributed by atoms with Gasteiger partial charge in [-0.15, -0.1) is 3.89 Å². The number of benzene rings is 1. The summed E-state index contributed by atoms with van der Waals surface area (Å²) in [7, 11) is -4.80. The van der Waals surface area contributed by atoms with Crippen LogP contribution in [0.25, 0.3) is 0 Å². The molecule has 0 saturated carbocycles. The maximum Gasteiger partial charge on any atom is 0.332 e. The lowest BCUT2D eigenvalue weighted by Crippen LogP contribution is -2.02. The second kappa shape index (κ2) is 4.16. The number of esters is 1. The van der Waals surface area contributed by atoms with Gasteiger partial charge in [-0.25, -0.2) is 0 Å². The van der Waals surface area contributed by atoms with Gasteiger partial charge < -0.3 is 4.74 Å². The molecule has 0 aliphatic carbocycles. The fourth-order valence-corrected chi connectivity index (χ4v) is 1.64. The first-order chi connectivity index (χ1) is 6.80. The summed E-state index contributed by atoms with van der Waals surface area (Å²) in [6.07, 6.45) is 0. The van der Waals surface area contributed by atoms with E-state index in [4.69, 9.17) is 11.6 Å². The van der Waals surface area contributed by atoms with Crippen LogP contribution in [0.2, 0.25) is 5.02 Å². The van der Waals surface area contributed by atoms with Crippen molar-refractivity contribution in [3.05, 3.63) is 23.2 Å². The van der Waals surface area contributed by atoms with E-state index in [9.17, 15) is 17.1 Å². The van der Waals surface area contributed by atoms with Gasteiger partial charge in [-0.3, -0.25) is 4.79 Å². The van der Waals surface area contributed by atoms with Gasteiger partial charge in [-0.1, -0.05) is 11.6 Å². The van der Waals surface area contributed by atoms with E-state index in [1.54, 1.807) is 0 Å². The number of hydrogen-bond acceptors (Lipinski definition) is 4. The lowest BCUT2D eigenvalue weighted by molar-refractivity contribution is -0.131. The molecule has 0 aliphatic rings. The van der Waals surface area contributed by atoms with E-state index in [0.29, 0.717) is 0 Å². The minimum absolute atomic E-state index is 0.0171. The fraction of sp³-hybridized carbons (Fsp3) is 0.125. The zero-order chi connectivity index (χ0) is 11.6. The Hall–Kier alpha value is -1.14. The van der Waals surface area contributed by atoms with Crippen molar-refractivity contribution in [3.63, 3.8) is 0 Å². The SMILES string of the molecule is CC(=O)Oc1ccc(S(=O)(=O)F)cc1Cl. The van der Waals surface area contributed by atoms with Crippen LogP contribution < -0.4 is 4.74 Å². The van der Waals surface area contributed by atoms with Crippen LogP contribution in [-0.4, -0.2) is 14.4 Å². The molecule has 0 aromatic heterocycles. The van der Waals surface area contributed by atoms with Crippen molar-refractivity contribution >= 4 is 27.8 Å². The molecule has 0 saturated heterocycles. The molecule has 0 atom stereocenters. The highest BCUT2D eigenvalue weighted by molar-refractivity contribution is 7.86. The summed E-state index contributed by atoms with van der Waals surface area (Å²) in [5, 5.41) is -0.149. The number of rotatable bonds is 2. The molecule has 1 rings (SSSR count). The summed E-state index contributed by atoms with van der Waals surface area (Å²) in [5.41, 5.74) is 0. The molecular weight excluding hydrogens is 247 g/mol. The van der Waals surface area contributed by atoms with Crippen molar-refractivity contribution in [2.45, 2.75) is 11.8 Å². The van der Waals surface area contributed by atoms with Crippen molar-refractivity contribution < 1.29 is 21.8 Å². The lowest BCUT2D eigenvalue weighted by atomic mass is 10.3. The molecule has 1 aromatic carbocycles. The molecule has 0 radical (unpaired) electrons. The van der Waals surface area contributed by atoms with Gasteiger partial charge in [0.15, 0.2) is 0 Å². The number of ether oxygens (including phenoxy) is 1.